The van der Waals surface area contributed by atoms with Crippen LogP contribution in [0.15, 0.2) is 52.9 Å². The van der Waals surface area contributed by atoms with Gasteiger partial charge in [0.05, 0.1) is 17.7 Å². The number of hydrogen-bond acceptors (Lipinski definition) is 4. The minimum atomic E-state index is -0.407. The summed E-state index contributed by atoms with van der Waals surface area (Å²) in [6, 6.07) is 13.1. The van der Waals surface area contributed by atoms with Crippen LogP contribution in [0.1, 0.15) is 33.4 Å². The average Bonchev–Trinajstić information content (AvgIpc) is 3.04. The molecule has 0 aliphatic rings. The predicted octanol–water partition coefficient (Wildman–Crippen LogP) is 5.99. The maximum Gasteiger partial charge on any atom is 0.338 e. The first-order valence-electron chi connectivity index (χ1n) is 8.53. The van der Waals surface area contributed by atoms with Crippen molar-refractivity contribution in [1.29, 1.82) is 0 Å². The van der Waals surface area contributed by atoms with Gasteiger partial charge in [0, 0.05) is 21.3 Å². The molecule has 144 valence electrons. The molecule has 2 aromatic carbocycles. The van der Waals surface area contributed by atoms with E-state index in [4.69, 9.17) is 32.4 Å². The van der Waals surface area contributed by atoms with Crippen LogP contribution in [0.2, 0.25) is 10.0 Å². The molecule has 0 saturated heterocycles. The van der Waals surface area contributed by atoms with Gasteiger partial charge in [-0.15, -0.1) is 0 Å². The number of ether oxygens (including phenoxy) is 1. The Hall–Kier alpha value is -2.76. The van der Waals surface area contributed by atoms with Gasteiger partial charge in [-0.2, -0.15) is 0 Å². The van der Waals surface area contributed by atoms with Crippen molar-refractivity contribution >= 4 is 40.8 Å². The maximum absolute atomic E-state index is 12.6. The molecular weight excluding hydrogens is 401 g/mol. The number of halogens is 2. The Kier molecular flexibility index (Phi) is 6.07. The molecule has 0 fully saturated rings. The molecule has 3 aromatic rings. The Bertz CT molecular complexity index is 1010. The lowest BCUT2D eigenvalue weighted by atomic mass is 10.1. The molecule has 28 heavy (non-hydrogen) atoms. The lowest BCUT2D eigenvalue weighted by Crippen LogP contribution is -2.12. The van der Waals surface area contributed by atoms with E-state index in [1.807, 2.05) is 0 Å². The summed E-state index contributed by atoms with van der Waals surface area (Å²) in [7, 11) is 0. The SMILES string of the molecule is CCOC(=O)c1ccc(NC(=O)c2cc(-c3cc(Cl)cc(Cl)c3)oc2C)cc1. The molecule has 0 aliphatic heterocycles. The second-order valence-corrected chi connectivity index (χ2v) is 6.86. The Balaban J connectivity index is 1.78. The molecule has 0 unspecified atom stereocenters. The summed E-state index contributed by atoms with van der Waals surface area (Å²) in [5.74, 6) is 0.219. The Labute approximate surface area is 172 Å². The number of rotatable bonds is 5. The largest absolute Gasteiger partial charge is 0.462 e. The number of amides is 1. The normalized spacial score (nSPS) is 10.6. The lowest BCUT2D eigenvalue weighted by molar-refractivity contribution is 0.0526. The number of carbonyl (C=O) groups is 2. The van der Waals surface area contributed by atoms with E-state index in [2.05, 4.69) is 5.32 Å². The van der Waals surface area contributed by atoms with Crippen LogP contribution >= 0.6 is 23.2 Å². The van der Waals surface area contributed by atoms with Crippen molar-refractivity contribution in [1.82, 2.24) is 0 Å². The third-order valence-electron chi connectivity index (χ3n) is 3.96. The lowest BCUT2D eigenvalue weighted by Gasteiger charge is -2.06. The first-order chi connectivity index (χ1) is 13.4. The van der Waals surface area contributed by atoms with E-state index >= 15 is 0 Å². The van der Waals surface area contributed by atoms with Gasteiger partial charge in [-0.3, -0.25) is 4.79 Å². The zero-order chi connectivity index (χ0) is 20.3. The number of benzene rings is 2. The van der Waals surface area contributed by atoms with Gasteiger partial charge in [0.25, 0.3) is 5.91 Å². The minimum absolute atomic E-state index is 0.303. The molecule has 1 heterocycles. The molecule has 1 N–H and O–H groups in total. The van der Waals surface area contributed by atoms with Gasteiger partial charge >= 0.3 is 5.97 Å². The second kappa shape index (κ2) is 8.50. The fraction of sp³-hybridized carbons (Fsp3) is 0.143. The molecule has 0 saturated carbocycles. The number of hydrogen-bond donors (Lipinski definition) is 1. The number of carbonyl (C=O) groups excluding carboxylic acids is 2. The number of nitrogens with one attached hydrogen (secondary N) is 1. The monoisotopic (exact) mass is 417 g/mol. The van der Waals surface area contributed by atoms with Gasteiger partial charge in [-0.25, -0.2) is 4.79 Å². The zero-order valence-electron chi connectivity index (χ0n) is 15.2. The predicted molar refractivity (Wildman–Crippen MR) is 109 cm³/mol. The van der Waals surface area contributed by atoms with Gasteiger partial charge in [-0.1, -0.05) is 23.2 Å². The molecule has 1 aromatic heterocycles. The second-order valence-electron chi connectivity index (χ2n) is 5.99. The van der Waals surface area contributed by atoms with E-state index in [0.29, 0.717) is 50.6 Å². The highest BCUT2D eigenvalue weighted by molar-refractivity contribution is 6.35. The van der Waals surface area contributed by atoms with Crippen LogP contribution in [-0.2, 0) is 4.74 Å². The molecule has 1 amide bonds. The topological polar surface area (TPSA) is 68.5 Å². The molecule has 3 rings (SSSR count). The molecule has 0 atom stereocenters. The van der Waals surface area contributed by atoms with E-state index < -0.39 is 5.97 Å². The van der Waals surface area contributed by atoms with E-state index in [-0.39, 0.29) is 5.91 Å². The summed E-state index contributed by atoms with van der Waals surface area (Å²) in [4.78, 5) is 24.3. The van der Waals surface area contributed by atoms with Gasteiger partial charge < -0.3 is 14.5 Å². The average molecular weight is 418 g/mol. The highest BCUT2D eigenvalue weighted by Crippen LogP contribution is 2.30. The fourth-order valence-corrected chi connectivity index (χ4v) is 3.17. The van der Waals surface area contributed by atoms with Crippen molar-refractivity contribution in [2.24, 2.45) is 0 Å². The molecular formula is C21H17Cl2NO4. The first-order valence-corrected chi connectivity index (χ1v) is 9.28. The Morgan fingerprint density at radius 2 is 1.68 bits per heavy atom. The van der Waals surface area contributed by atoms with Crippen LogP contribution in [0.4, 0.5) is 5.69 Å². The van der Waals surface area contributed by atoms with Crippen LogP contribution in [-0.4, -0.2) is 18.5 Å². The highest BCUT2D eigenvalue weighted by atomic mass is 35.5. The third-order valence-corrected chi connectivity index (χ3v) is 4.40. The third kappa shape index (κ3) is 4.55. The Morgan fingerprint density at radius 3 is 2.29 bits per heavy atom. The molecule has 5 nitrogen and oxygen atoms in total. The van der Waals surface area contributed by atoms with Crippen LogP contribution in [0, 0.1) is 6.92 Å². The Morgan fingerprint density at radius 1 is 1.04 bits per heavy atom. The standard InChI is InChI=1S/C21H17Cl2NO4/c1-3-27-21(26)13-4-6-17(7-5-13)24-20(25)18-11-19(28-12(18)2)14-8-15(22)10-16(23)9-14/h4-11H,3H2,1-2H3,(H,24,25). The van der Waals surface area contributed by atoms with Crippen LogP contribution in [0.25, 0.3) is 11.3 Å². The molecule has 0 radical (unpaired) electrons. The number of esters is 1. The zero-order valence-corrected chi connectivity index (χ0v) is 16.7. The van der Waals surface area contributed by atoms with Crippen molar-refractivity contribution < 1.29 is 18.7 Å². The van der Waals surface area contributed by atoms with Crippen LogP contribution in [0.5, 0.6) is 0 Å². The van der Waals surface area contributed by atoms with Crippen molar-refractivity contribution in [2.75, 3.05) is 11.9 Å². The maximum atomic E-state index is 12.6. The van der Waals surface area contributed by atoms with E-state index in [9.17, 15) is 9.59 Å². The van der Waals surface area contributed by atoms with Gasteiger partial charge in [0.1, 0.15) is 11.5 Å². The molecule has 0 bridgehead atoms. The van der Waals surface area contributed by atoms with Gasteiger partial charge in [-0.05, 0) is 62.4 Å². The van der Waals surface area contributed by atoms with Crippen LogP contribution in [0.3, 0.4) is 0 Å². The summed E-state index contributed by atoms with van der Waals surface area (Å²) in [6.07, 6.45) is 0. The van der Waals surface area contributed by atoms with E-state index in [1.165, 1.54) is 0 Å². The summed E-state index contributed by atoms with van der Waals surface area (Å²) >= 11 is 12.1. The van der Waals surface area contributed by atoms with Crippen LogP contribution < -0.4 is 5.32 Å². The van der Waals surface area contributed by atoms with Crippen molar-refractivity contribution in [3.8, 4) is 11.3 Å². The van der Waals surface area contributed by atoms with Crippen molar-refractivity contribution in [3.05, 3.63) is 75.5 Å². The van der Waals surface area contributed by atoms with Gasteiger partial charge in [0.2, 0.25) is 0 Å². The number of anilines is 1. The first kappa shape index (κ1) is 20.0. The van der Waals surface area contributed by atoms with Crippen molar-refractivity contribution in [3.63, 3.8) is 0 Å². The minimum Gasteiger partial charge on any atom is -0.462 e. The van der Waals surface area contributed by atoms with E-state index in [0.717, 1.165) is 0 Å². The highest BCUT2D eigenvalue weighted by Gasteiger charge is 2.17. The smallest absolute Gasteiger partial charge is 0.338 e. The quantitative estimate of drug-likeness (QED) is 0.517. The van der Waals surface area contributed by atoms with Gasteiger partial charge in [0.15, 0.2) is 0 Å². The summed E-state index contributed by atoms with van der Waals surface area (Å²) in [5, 5.41) is 3.73. The summed E-state index contributed by atoms with van der Waals surface area (Å²) in [6.45, 7) is 3.75. The molecule has 7 heteroatoms. The van der Waals surface area contributed by atoms with E-state index in [1.54, 1.807) is 62.4 Å². The summed E-state index contributed by atoms with van der Waals surface area (Å²) < 4.78 is 10.6. The van der Waals surface area contributed by atoms with Crippen molar-refractivity contribution in [2.45, 2.75) is 13.8 Å². The molecule has 0 spiro atoms. The molecule has 0 aliphatic carbocycles. The fourth-order valence-electron chi connectivity index (χ4n) is 2.65. The number of furan rings is 1. The summed E-state index contributed by atoms with van der Waals surface area (Å²) in [5.41, 5.74) is 2.03. The number of aryl methyl sites for hydroxylation is 1.